The smallest absolute Gasteiger partial charge is 0.255 e. The summed E-state index contributed by atoms with van der Waals surface area (Å²) in [4.78, 5) is 19.8. The lowest BCUT2D eigenvalue weighted by Gasteiger charge is -2.07. The number of aromatic amines is 1. The number of carbonyl (C=O) groups is 1. The van der Waals surface area contributed by atoms with Gasteiger partial charge in [-0.1, -0.05) is 18.2 Å². The Morgan fingerprint density at radius 1 is 1.32 bits per heavy atom. The van der Waals surface area contributed by atoms with Crippen LogP contribution in [0.2, 0.25) is 0 Å². The van der Waals surface area contributed by atoms with Crippen molar-refractivity contribution >= 4 is 22.6 Å². The average molecular weight is 295 g/mol. The topological polar surface area (TPSA) is 67.0 Å². The van der Waals surface area contributed by atoms with Gasteiger partial charge in [0.25, 0.3) is 5.91 Å². The quantitative estimate of drug-likeness (QED) is 0.776. The molecule has 0 aliphatic rings. The van der Waals surface area contributed by atoms with Gasteiger partial charge in [0.15, 0.2) is 0 Å². The fourth-order valence-corrected chi connectivity index (χ4v) is 2.40. The number of nitrogens with one attached hydrogen (secondary N) is 2. The number of aromatic nitrogens is 2. The van der Waals surface area contributed by atoms with E-state index in [9.17, 15) is 4.79 Å². The molecule has 0 unspecified atom stereocenters. The molecule has 0 radical (unpaired) electrons. The van der Waals surface area contributed by atoms with E-state index in [0.717, 1.165) is 22.3 Å². The first kappa shape index (κ1) is 14.3. The first-order valence-electron chi connectivity index (χ1n) is 7.01. The number of ether oxygens (including phenoxy) is 1. The molecular formula is C17H17N3O2. The molecule has 2 N–H and O–H groups in total. The van der Waals surface area contributed by atoms with E-state index in [2.05, 4.69) is 15.3 Å². The standard InChI is InChI=1S/C17H17N3O2/c1-11-5-3-4-6-15(11)17(21)20-13-7-12-8-14(10-22-2)19-16(12)18-9-13/h3-9H,10H2,1-2H3,(H,18,19)(H,20,21). The number of hydrogen-bond acceptors (Lipinski definition) is 3. The molecule has 22 heavy (non-hydrogen) atoms. The molecule has 1 amide bonds. The number of nitrogens with zero attached hydrogens (tertiary/aromatic N) is 1. The summed E-state index contributed by atoms with van der Waals surface area (Å²) in [5.74, 6) is -0.132. The lowest BCUT2D eigenvalue weighted by atomic mass is 10.1. The Balaban J connectivity index is 1.84. The van der Waals surface area contributed by atoms with Crippen LogP contribution in [-0.2, 0) is 11.3 Å². The lowest BCUT2D eigenvalue weighted by Crippen LogP contribution is -2.13. The second-order valence-corrected chi connectivity index (χ2v) is 5.16. The van der Waals surface area contributed by atoms with E-state index in [4.69, 9.17) is 4.74 Å². The van der Waals surface area contributed by atoms with Crippen LogP contribution in [0, 0.1) is 6.92 Å². The second kappa shape index (κ2) is 5.99. The lowest BCUT2D eigenvalue weighted by molar-refractivity contribution is 0.102. The van der Waals surface area contributed by atoms with E-state index in [1.54, 1.807) is 13.3 Å². The van der Waals surface area contributed by atoms with Crippen LogP contribution >= 0.6 is 0 Å². The summed E-state index contributed by atoms with van der Waals surface area (Å²) in [6.45, 7) is 2.42. The van der Waals surface area contributed by atoms with Crippen molar-refractivity contribution in [1.82, 2.24) is 9.97 Å². The number of carbonyl (C=O) groups excluding carboxylic acids is 1. The fraction of sp³-hybridized carbons (Fsp3) is 0.176. The van der Waals surface area contributed by atoms with Crippen LogP contribution < -0.4 is 5.32 Å². The van der Waals surface area contributed by atoms with Crippen molar-refractivity contribution in [3.8, 4) is 0 Å². The summed E-state index contributed by atoms with van der Waals surface area (Å²) in [5.41, 5.74) is 4.01. The van der Waals surface area contributed by atoms with Gasteiger partial charge >= 0.3 is 0 Å². The molecule has 0 saturated heterocycles. The molecule has 2 aromatic heterocycles. The Morgan fingerprint density at radius 3 is 2.91 bits per heavy atom. The predicted octanol–water partition coefficient (Wildman–Crippen LogP) is 3.27. The van der Waals surface area contributed by atoms with Gasteiger partial charge in [0.2, 0.25) is 0 Å². The molecule has 1 aromatic carbocycles. The number of fused-ring (bicyclic) bond motifs is 1. The second-order valence-electron chi connectivity index (χ2n) is 5.16. The van der Waals surface area contributed by atoms with Crippen molar-refractivity contribution in [2.24, 2.45) is 0 Å². The zero-order valence-electron chi connectivity index (χ0n) is 12.5. The number of aryl methyl sites for hydroxylation is 1. The van der Waals surface area contributed by atoms with Crippen molar-refractivity contribution in [1.29, 1.82) is 0 Å². The molecule has 0 atom stereocenters. The Kier molecular flexibility index (Phi) is 3.89. The van der Waals surface area contributed by atoms with E-state index in [1.165, 1.54) is 0 Å². The highest BCUT2D eigenvalue weighted by atomic mass is 16.5. The van der Waals surface area contributed by atoms with Gasteiger partial charge in [0.05, 0.1) is 18.5 Å². The number of H-pyrrole nitrogens is 1. The minimum atomic E-state index is -0.132. The third-order valence-corrected chi connectivity index (χ3v) is 3.47. The molecule has 5 nitrogen and oxygen atoms in total. The highest BCUT2D eigenvalue weighted by Gasteiger charge is 2.10. The number of methoxy groups -OCH3 is 1. The average Bonchev–Trinajstić information content (AvgIpc) is 2.89. The molecule has 0 aliphatic carbocycles. The molecule has 2 heterocycles. The van der Waals surface area contributed by atoms with Gasteiger partial charge in [0.1, 0.15) is 5.65 Å². The molecule has 0 fully saturated rings. The molecular weight excluding hydrogens is 278 g/mol. The summed E-state index contributed by atoms with van der Waals surface area (Å²) >= 11 is 0. The van der Waals surface area contributed by atoms with Crippen molar-refractivity contribution in [3.63, 3.8) is 0 Å². The van der Waals surface area contributed by atoms with Crippen LogP contribution in [0.4, 0.5) is 5.69 Å². The monoisotopic (exact) mass is 295 g/mol. The van der Waals surface area contributed by atoms with Gasteiger partial charge in [-0.15, -0.1) is 0 Å². The summed E-state index contributed by atoms with van der Waals surface area (Å²) in [5, 5.41) is 3.83. The van der Waals surface area contributed by atoms with Gasteiger partial charge < -0.3 is 15.0 Å². The Morgan fingerprint density at radius 2 is 2.14 bits per heavy atom. The number of benzene rings is 1. The zero-order chi connectivity index (χ0) is 15.5. The number of rotatable bonds is 4. The first-order chi connectivity index (χ1) is 10.7. The maximum absolute atomic E-state index is 12.3. The van der Waals surface area contributed by atoms with Gasteiger partial charge in [-0.3, -0.25) is 4.79 Å². The largest absolute Gasteiger partial charge is 0.378 e. The van der Waals surface area contributed by atoms with Gasteiger partial charge in [-0.2, -0.15) is 0 Å². The molecule has 112 valence electrons. The van der Waals surface area contributed by atoms with Crippen molar-refractivity contribution in [3.05, 3.63) is 59.4 Å². The maximum atomic E-state index is 12.3. The first-order valence-corrected chi connectivity index (χ1v) is 7.01. The Labute approximate surface area is 128 Å². The van der Waals surface area contributed by atoms with Crippen LogP contribution in [0.3, 0.4) is 0 Å². The maximum Gasteiger partial charge on any atom is 0.255 e. The van der Waals surface area contributed by atoms with E-state index >= 15 is 0 Å². The van der Waals surface area contributed by atoms with E-state index in [-0.39, 0.29) is 5.91 Å². The Hall–Kier alpha value is -2.66. The molecule has 3 aromatic rings. The number of pyridine rings is 1. The van der Waals surface area contributed by atoms with Gasteiger partial charge in [-0.25, -0.2) is 4.98 Å². The van der Waals surface area contributed by atoms with Crippen LogP contribution in [0.25, 0.3) is 11.0 Å². The molecule has 0 aliphatic heterocycles. The summed E-state index contributed by atoms with van der Waals surface area (Å²) in [6, 6.07) is 11.4. The van der Waals surface area contributed by atoms with Crippen LogP contribution in [0.5, 0.6) is 0 Å². The molecule has 0 spiro atoms. The number of hydrogen-bond donors (Lipinski definition) is 2. The van der Waals surface area contributed by atoms with E-state index in [1.807, 2.05) is 43.3 Å². The number of amides is 1. The summed E-state index contributed by atoms with van der Waals surface area (Å²) < 4.78 is 5.09. The molecule has 0 saturated carbocycles. The van der Waals surface area contributed by atoms with Gasteiger partial charge in [0, 0.05) is 23.8 Å². The van der Waals surface area contributed by atoms with E-state index < -0.39 is 0 Å². The summed E-state index contributed by atoms with van der Waals surface area (Å²) in [7, 11) is 1.65. The molecule has 0 bridgehead atoms. The third-order valence-electron chi connectivity index (χ3n) is 3.47. The zero-order valence-corrected chi connectivity index (χ0v) is 12.5. The van der Waals surface area contributed by atoms with Crippen LogP contribution in [0.15, 0.2) is 42.6 Å². The minimum absolute atomic E-state index is 0.132. The summed E-state index contributed by atoms with van der Waals surface area (Å²) in [6.07, 6.45) is 1.64. The predicted molar refractivity (Wildman–Crippen MR) is 85.9 cm³/mol. The van der Waals surface area contributed by atoms with Crippen molar-refractivity contribution in [2.45, 2.75) is 13.5 Å². The fourth-order valence-electron chi connectivity index (χ4n) is 2.40. The van der Waals surface area contributed by atoms with Crippen LogP contribution in [-0.4, -0.2) is 23.0 Å². The molecule has 3 rings (SSSR count). The highest BCUT2D eigenvalue weighted by Crippen LogP contribution is 2.19. The van der Waals surface area contributed by atoms with Crippen molar-refractivity contribution in [2.75, 3.05) is 12.4 Å². The minimum Gasteiger partial charge on any atom is -0.378 e. The third kappa shape index (κ3) is 2.84. The van der Waals surface area contributed by atoms with Crippen molar-refractivity contribution < 1.29 is 9.53 Å². The normalized spacial score (nSPS) is 10.8. The van der Waals surface area contributed by atoms with Crippen LogP contribution in [0.1, 0.15) is 21.6 Å². The Bertz CT molecular complexity index is 824. The SMILES string of the molecule is COCc1cc2cc(NC(=O)c3ccccc3C)cnc2[nH]1. The highest BCUT2D eigenvalue weighted by molar-refractivity contribution is 6.05. The molecule has 5 heteroatoms. The van der Waals surface area contributed by atoms with E-state index in [0.29, 0.717) is 17.9 Å². The van der Waals surface area contributed by atoms with Gasteiger partial charge in [-0.05, 0) is 30.7 Å². The number of anilines is 1.